The molecule has 1 fully saturated rings. The number of hydrogen-bond acceptors (Lipinski definition) is 2. The van der Waals surface area contributed by atoms with Crippen LogP contribution in [0, 0.1) is 17.7 Å². The molecule has 2 atom stereocenters. The number of benzene rings is 1. The standard InChI is InChI=1S/C13H16ClFN2O.ClH/c14-9-4-5-12(11(15)6-9)17-13(18)10-3-1-2-8(10)7-16;/h4-6,8,10H,1-3,7,16H2,(H,17,18);1H/t8-,10-;/m1./s1. The van der Waals surface area contributed by atoms with Gasteiger partial charge in [0.05, 0.1) is 5.69 Å². The molecule has 1 amide bonds. The first-order chi connectivity index (χ1) is 8.61. The fraction of sp³-hybridized carbons (Fsp3) is 0.462. The molecule has 0 saturated heterocycles. The van der Waals surface area contributed by atoms with Crippen molar-refractivity contribution in [3.05, 3.63) is 29.0 Å². The first-order valence-corrected chi connectivity index (χ1v) is 6.45. The fourth-order valence-electron chi connectivity index (χ4n) is 2.48. The van der Waals surface area contributed by atoms with Crippen LogP contribution >= 0.6 is 24.0 Å². The lowest BCUT2D eigenvalue weighted by molar-refractivity contribution is -0.120. The molecule has 1 aromatic carbocycles. The molecule has 2 rings (SSSR count). The average Bonchev–Trinajstić information content (AvgIpc) is 2.81. The predicted molar refractivity (Wildman–Crippen MR) is 77.2 cm³/mol. The highest BCUT2D eigenvalue weighted by Gasteiger charge is 2.32. The van der Waals surface area contributed by atoms with Gasteiger partial charge in [-0.3, -0.25) is 4.79 Å². The van der Waals surface area contributed by atoms with Crippen LogP contribution in [0.3, 0.4) is 0 Å². The number of nitrogens with two attached hydrogens (primary N) is 1. The van der Waals surface area contributed by atoms with Crippen molar-refractivity contribution in [3.8, 4) is 0 Å². The quantitative estimate of drug-likeness (QED) is 0.901. The summed E-state index contributed by atoms with van der Waals surface area (Å²) in [4.78, 5) is 12.1. The lowest BCUT2D eigenvalue weighted by atomic mass is 9.95. The van der Waals surface area contributed by atoms with E-state index in [-0.39, 0.29) is 35.8 Å². The zero-order valence-electron chi connectivity index (χ0n) is 10.4. The highest BCUT2D eigenvalue weighted by Crippen LogP contribution is 2.32. The number of carbonyl (C=O) groups is 1. The van der Waals surface area contributed by atoms with E-state index < -0.39 is 5.82 Å². The van der Waals surface area contributed by atoms with Gasteiger partial charge in [0.2, 0.25) is 5.91 Å². The second-order valence-corrected chi connectivity index (χ2v) is 5.08. The molecule has 0 unspecified atom stereocenters. The molecular weight excluding hydrogens is 290 g/mol. The topological polar surface area (TPSA) is 55.1 Å². The van der Waals surface area contributed by atoms with Crippen molar-refractivity contribution >= 4 is 35.6 Å². The second-order valence-electron chi connectivity index (χ2n) is 4.65. The molecule has 0 heterocycles. The first-order valence-electron chi connectivity index (χ1n) is 6.08. The maximum Gasteiger partial charge on any atom is 0.227 e. The molecule has 6 heteroatoms. The Kier molecular flexibility index (Phi) is 6.04. The Hall–Kier alpha value is -0.840. The molecule has 1 aromatic rings. The summed E-state index contributed by atoms with van der Waals surface area (Å²) in [7, 11) is 0. The van der Waals surface area contributed by atoms with E-state index in [2.05, 4.69) is 5.32 Å². The lowest BCUT2D eigenvalue weighted by Gasteiger charge is -2.17. The van der Waals surface area contributed by atoms with E-state index in [1.165, 1.54) is 12.1 Å². The van der Waals surface area contributed by atoms with Gasteiger partial charge in [0.1, 0.15) is 5.82 Å². The molecule has 106 valence electrons. The third-order valence-corrected chi connectivity index (χ3v) is 3.72. The summed E-state index contributed by atoms with van der Waals surface area (Å²) in [6, 6.07) is 4.21. The Morgan fingerprint density at radius 2 is 2.21 bits per heavy atom. The Labute approximate surface area is 123 Å². The minimum Gasteiger partial charge on any atom is -0.330 e. The number of anilines is 1. The van der Waals surface area contributed by atoms with Crippen LogP contribution in [0.1, 0.15) is 19.3 Å². The van der Waals surface area contributed by atoms with Crippen LogP contribution in [0.2, 0.25) is 5.02 Å². The van der Waals surface area contributed by atoms with E-state index in [9.17, 15) is 9.18 Å². The molecule has 1 saturated carbocycles. The minimum absolute atomic E-state index is 0. The van der Waals surface area contributed by atoms with Gasteiger partial charge in [-0.2, -0.15) is 0 Å². The van der Waals surface area contributed by atoms with E-state index in [1.807, 2.05) is 0 Å². The molecule has 0 radical (unpaired) electrons. The summed E-state index contributed by atoms with van der Waals surface area (Å²) < 4.78 is 13.6. The van der Waals surface area contributed by atoms with Gasteiger partial charge in [-0.05, 0) is 43.5 Å². The van der Waals surface area contributed by atoms with Crippen LogP contribution in [0.4, 0.5) is 10.1 Å². The molecule has 1 aliphatic carbocycles. The predicted octanol–water partition coefficient (Wildman–Crippen LogP) is 3.21. The highest BCUT2D eigenvalue weighted by atomic mass is 35.5. The number of halogens is 3. The first kappa shape index (κ1) is 16.2. The van der Waals surface area contributed by atoms with Crippen LogP contribution < -0.4 is 11.1 Å². The Balaban J connectivity index is 0.00000180. The molecule has 3 nitrogen and oxygen atoms in total. The highest BCUT2D eigenvalue weighted by molar-refractivity contribution is 6.30. The minimum atomic E-state index is -0.516. The van der Waals surface area contributed by atoms with E-state index >= 15 is 0 Å². The van der Waals surface area contributed by atoms with Crippen molar-refractivity contribution in [2.75, 3.05) is 11.9 Å². The van der Waals surface area contributed by atoms with E-state index in [1.54, 1.807) is 6.07 Å². The number of amides is 1. The monoisotopic (exact) mass is 306 g/mol. The summed E-state index contributed by atoms with van der Waals surface area (Å²) in [5.74, 6) is -0.562. The molecule has 0 aromatic heterocycles. The van der Waals surface area contributed by atoms with Crippen molar-refractivity contribution in [1.82, 2.24) is 0 Å². The third kappa shape index (κ3) is 3.81. The van der Waals surface area contributed by atoms with Gasteiger partial charge < -0.3 is 11.1 Å². The molecule has 0 bridgehead atoms. The Morgan fingerprint density at radius 1 is 1.47 bits per heavy atom. The number of carbonyl (C=O) groups excluding carboxylic acids is 1. The molecule has 0 aliphatic heterocycles. The van der Waals surface area contributed by atoms with Gasteiger partial charge in [-0.1, -0.05) is 18.0 Å². The molecule has 3 N–H and O–H groups in total. The zero-order valence-corrected chi connectivity index (χ0v) is 11.9. The van der Waals surface area contributed by atoms with Crippen molar-refractivity contribution in [2.45, 2.75) is 19.3 Å². The van der Waals surface area contributed by atoms with E-state index in [4.69, 9.17) is 17.3 Å². The van der Waals surface area contributed by atoms with Gasteiger partial charge in [-0.15, -0.1) is 12.4 Å². The smallest absolute Gasteiger partial charge is 0.227 e. The summed E-state index contributed by atoms with van der Waals surface area (Å²) in [5, 5.41) is 2.93. The van der Waals surface area contributed by atoms with E-state index in [0.717, 1.165) is 19.3 Å². The van der Waals surface area contributed by atoms with Gasteiger partial charge in [0.15, 0.2) is 0 Å². The second kappa shape index (κ2) is 7.08. The Bertz CT molecular complexity index is 456. The maximum atomic E-state index is 13.6. The molecule has 0 spiro atoms. The molecule has 19 heavy (non-hydrogen) atoms. The van der Waals surface area contributed by atoms with Crippen LogP contribution in [0.15, 0.2) is 18.2 Å². The van der Waals surface area contributed by atoms with Gasteiger partial charge in [0, 0.05) is 10.9 Å². The normalized spacial score (nSPS) is 21.8. The van der Waals surface area contributed by atoms with Crippen LogP contribution in [-0.2, 0) is 4.79 Å². The number of rotatable bonds is 3. The number of nitrogens with one attached hydrogen (secondary N) is 1. The average molecular weight is 307 g/mol. The summed E-state index contributed by atoms with van der Waals surface area (Å²) in [6.45, 7) is 0.501. The van der Waals surface area contributed by atoms with Gasteiger partial charge in [-0.25, -0.2) is 4.39 Å². The lowest BCUT2D eigenvalue weighted by Crippen LogP contribution is -2.30. The van der Waals surface area contributed by atoms with Crippen LogP contribution in [0.25, 0.3) is 0 Å². The van der Waals surface area contributed by atoms with Crippen molar-refractivity contribution < 1.29 is 9.18 Å². The van der Waals surface area contributed by atoms with Crippen molar-refractivity contribution in [3.63, 3.8) is 0 Å². The summed E-state index contributed by atoms with van der Waals surface area (Å²) in [6.07, 6.45) is 2.80. The fourth-order valence-corrected chi connectivity index (χ4v) is 2.64. The maximum absolute atomic E-state index is 13.6. The third-order valence-electron chi connectivity index (χ3n) is 3.49. The molecule has 1 aliphatic rings. The zero-order chi connectivity index (χ0) is 13.1. The van der Waals surface area contributed by atoms with Gasteiger partial charge >= 0.3 is 0 Å². The van der Waals surface area contributed by atoms with Crippen LogP contribution in [-0.4, -0.2) is 12.5 Å². The number of hydrogen-bond donors (Lipinski definition) is 2. The SMILES string of the molecule is Cl.NC[C@H]1CCC[C@H]1C(=O)Nc1ccc(Cl)cc1F. The largest absolute Gasteiger partial charge is 0.330 e. The molecular formula is C13H17Cl2FN2O. The Morgan fingerprint density at radius 3 is 2.84 bits per heavy atom. The summed E-state index contributed by atoms with van der Waals surface area (Å²) in [5.41, 5.74) is 5.81. The van der Waals surface area contributed by atoms with Gasteiger partial charge in [0.25, 0.3) is 0 Å². The summed E-state index contributed by atoms with van der Waals surface area (Å²) >= 11 is 5.66. The van der Waals surface area contributed by atoms with Crippen molar-refractivity contribution in [2.24, 2.45) is 17.6 Å². The van der Waals surface area contributed by atoms with E-state index in [0.29, 0.717) is 11.6 Å². The van der Waals surface area contributed by atoms with Crippen LogP contribution in [0.5, 0.6) is 0 Å². The van der Waals surface area contributed by atoms with Crippen molar-refractivity contribution in [1.29, 1.82) is 0 Å².